The molecule has 1 aromatic heterocycles. The lowest BCUT2D eigenvalue weighted by atomic mass is 10.1. The highest BCUT2D eigenvalue weighted by molar-refractivity contribution is 7.10. The van der Waals surface area contributed by atoms with Crippen LogP contribution in [-0.2, 0) is 11.3 Å². The summed E-state index contributed by atoms with van der Waals surface area (Å²) in [7, 11) is 0. The van der Waals surface area contributed by atoms with Crippen LogP contribution in [0.4, 0.5) is 5.69 Å². The monoisotopic (exact) mass is 262 g/mol. The fraction of sp³-hybridized carbons (Fsp3) is 0.154. The molecule has 2 aromatic rings. The lowest BCUT2D eigenvalue weighted by molar-refractivity contribution is -0.139. The van der Waals surface area contributed by atoms with Gasteiger partial charge in [0.2, 0.25) is 0 Å². The summed E-state index contributed by atoms with van der Waals surface area (Å²) in [6, 6.07) is 10.2. The minimum atomic E-state index is -0.892. The van der Waals surface area contributed by atoms with E-state index in [1.54, 1.807) is 12.1 Å². The Kier molecular flexibility index (Phi) is 3.96. The lowest BCUT2D eigenvalue weighted by Gasteiger charge is -2.14. The minimum Gasteiger partial charge on any atom is -0.480 e. The highest BCUT2D eigenvalue weighted by Crippen LogP contribution is 2.20. The fourth-order valence-corrected chi connectivity index (χ4v) is 2.43. The summed E-state index contributed by atoms with van der Waals surface area (Å²) < 4.78 is 0. The molecule has 5 heteroatoms. The number of nitrogens with two attached hydrogens (primary N) is 1. The normalized spacial score (nSPS) is 12.2. The number of benzene rings is 1. The Bertz CT molecular complexity index is 525. The van der Waals surface area contributed by atoms with Gasteiger partial charge in [-0.25, -0.2) is 0 Å². The molecule has 0 spiro atoms. The minimum absolute atomic E-state index is 0.454. The van der Waals surface area contributed by atoms with E-state index in [0.717, 1.165) is 10.4 Å². The Labute approximate surface area is 109 Å². The van der Waals surface area contributed by atoms with Crippen molar-refractivity contribution in [3.63, 3.8) is 0 Å². The van der Waals surface area contributed by atoms with Crippen molar-refractivity contribution in [1.29, 1.82) is 0 Å². The van der Waals surface area contributed by atoms with Gasteiger partial charge in [-0.3, -0.25) is 10.1 Å². The molecule has 0 aliphatic rings. The zero-order valence-electron chi connectivity index (χ0n) is 9.67. The zero-order valence-corrected chi connectivity index (χ0v) is 10.5. The molecule has 0 saturated heterocycles. The molecule has 0 amide bonds. The third kappa shape index (κ3) is 2.88. The van der Waals surface area contributed by atoms with Crippen LogP contribution in [0, 0.1) is 0 Å². The van der Waals surface area contributed by atoms with Gasteiger partial charge in [0, 0.05) is 17.1 Å². The van der Waals surface area contributed by atoms with Gasteiger partial charge in [-0.15, -0.1) is 11.3 Å². The average Bonchev–Trinajstić information content (AvgIpc) is 2.76. The number of hydrogen-bond acceptors (Lipinski definition) is 4. The highest BCUT2D eigenvalue weighted by Gasteiger charge is 2.19. The van der Waals surface area contributed by atoms with Crippen LogP contribution in [0.25, 0.3) is 0 Å². The van der Waals surface area contributed by atoms with Gasteiger partial charge in [0.15, 0.2) is 0 Å². The van der Waals surface area contributed by atoms with Crippen LogP contribution < -0.4 is 11.1 Å². The molecule has 1 atom stereocenters. The van der Waals surface area contributed by atoms with E-state index < -0.39 is 12.0 Å². The Balaban J connectivity index is 2.09. The van der Waals surface area contributed by atoms with Crippen molar-refractivity contribution in [3.8, 4) is 0 Å². The molecule has 1 heterocycles. The van der Waals surface area contributed by atoms with Gasteiger partial charge in [-0.1, -0.05) is 30.3 Å². The number of nitrogens with one attached hydrogen (secondary N) is 1. The number of aliphatic carboxylic acids is 1. The Morgan fingerprint density at radius 2 is 2.06 bits per heavy atom. The van der Waals surface area contributed by atoms with Crippen molar-refractivity contribution in [1.82, 2.24) is 5.32 Å². The molecule has 4 nitrogen and oxygen atoms in total. The number of hydrogen-bond donors (Lipinski definition) is 3. The van der Waals surface area contributed by atoms with E-state index in [2.05, 4.69) is 5.32 Å². The summed E-state index contributed by atoms with van der Waals surface area (Å²) in [5.41, 5.74) is 7.20. The molecule has 0 aliphatic carbocycles. The van der Waals surface area contributed by atoms with Crippen molar-refractivity contribution in [2.24, 2.45) is 0 Å². The van der Waals surface area contributed by atoms with Crippen LogP contribution in [-0.4, -0.2) is 11.1 Å². The molecule has 0 aliphatic heterocycles. The predicted molar refractivity (Wildman–Crippen MR) is 72.4 cm³/mol. The number of thiophene rings is 1. The first kappa shape index (κ1) is 12.6. The Hall–Kier alpha value is -1.85. The maximum atomic E-state index is 11.3. The molecular formula is C13H14N2O2S. The number of rotatable bonds is 5. The van der Waals surface area contributed by atoms with Crippen molar-refractivity contribution < 1.29 is 9.90 Å². The van der Waals surface area contributed by atoms with E-state index in [1.165, 1.54) is 11.3 Å². The van der Waals surface area contributed by atoms with Crippen LogP contribution in [0.5, 0.6) is 0 Å². The second kappa shape index (κ2) is 5.66. The van der Waals surface area contributed by atoms with Gasteiger partial charge in [-0.05, 0) is 17.0 Å². The quantitative estimate of drug-likeness (QED) is 0.772. The first-order valence-electron chi connectivity index (χ1n) is 5.51. The molecule has 1 unspecified atom stereocenters. The van der Waals surface area contributed by atoms with Crippen LogP contribution in [0.15, 0.2) is 41.8 Å². The molecule has 0 radical (unpaired) electrons. The maximum Gasteiger partial charge on any atom is 0.325 e. The van der Waals surface area contributed by atoms with E-state index in [4.69, 9.17) is 5.73 Å². The van der Waals surface area contributed by atoms with Crippen LogP contribution in [0.1, 0.15) is 16.5 Å². The third-order valence-corrected chi connectivity index (χ3v) is 3.56. The maximum absolute atomic E-state index is 11.3. The molecule has 0 saturated carbocycles. The topological polar surface area (TPSA) is 75.3 Å². The van der Waals surface area contributed by atoms with Crippen molar-refractivity contribution in [2.75, 3.05) is 5.73 Å². The standard InChI is InChI=1S/C13H14N2O2S/c14-10-6-7-18-11(10)8-15-12(13(16)17)9-4-2-1-3-5-9/h1-7,12,15H,8,14H2,(H,16,17). The van der Waals surface area contributed by atoms with Crippen LogP contribution >= 0.6 is 11.3 Å². The first-order chi connectivity index (χ1) is 8.68. The molecule has 0 fully saturated rings. The molecular weight excluding hydrogens is 248 g/mol. The lowest BCUT2D eigenvalue weighted by Crippen LogP contribution is -2.27. The molecule has 18 heavy (non-hydrogen) atoms. The van der Waals surface area contributed by atoms with Gasteiger partial charge in [0.1, 0.15) is 6.04 Å². The summed E-state index contributed by atoms with van der Waals surface area (Å²) >= 11 is 1.52. The van der Waals surface area contributed by atoms with E-state index in [-0.39, 0.29) is 0 Å². The SMILES string of the molecule is Nc1ccsc1CNC(C(=O)O)c1ccccc1. The van der Waals surface area contributed by atoms with Crippen molar-refractivity contribution >= 4 is 23.0 Å². The van der Waals surface area contributed by atoms with Crippen molar-refractivity contribution in [2.45, 2.75) is 12.6 Å². The number of carbonyl (C=O) groups is 1. The largest absolute Gasteiger partial charge is 0.480 e. The fourth-order valence-electron chi connectivity index (χ4n) is 1.68. The third-order valence-electron chi connectivity index (χ3n) is 2.63. The van der Waals surface area contributed by atoms with Crippen LogP contribution in [0.3, 0.4) is 0 Å². The molecule has 0 bridgehead atoms. The van der Waals surface area contributed by atoms with E-state index in [1.807, 2.05) is 29.6 Å². The van der Waals surface area contributed by atoms with E-state index in [0.29, 0.717) is 12.2 Å². The number of anilines is 1. The summed E-state index contributed by atoms with van der Waals surface area (Å²) in [5, 5.41) is 14.1. The highest BCUT2D eigenvalue weighted by atomic mass is 32.1. The Morgan fingerprint density at radius 1 is 1.33 bits per heavy atom. The number of carboxylic acid groups (broad SMARTS) is 1. The number of carboxylic acids is 1. The van der Waals surface area contributed by atoms with Gasteiger partial charge in [-0.2, -0.15) is 0 Å². The van der Waals surface area contributed by atoms with Gasteiger partial charge >= 0.3 is 5.97 Å². The average molecular weight is 262 g/mol. The summed E-state index contributed by atoms with van der Waals surface area (Å²) in [6.07, 6.45) is 0. The van der Waals surface area contributed by atoms with Gasteiger partial charge in [0.25, 0.3) is 0 Å². The smallest absolute Gasteiger partial charge is 0.325 e. The zero-order chi connectivity index (χ0) is 13.0. The van der Waals surface area contributed by atoms with E-state index in [9.17, 15) is 9.90 Å². The van der Waals surface area contributed by atoms with Gasteiger partial charge in [0.05, 0.1) is 0 Å². The van der Waals surface area contributed by atoms with Crippen LogP contribution in [0.2, 0.25) is 0 Å². The number of nitrogen functional groups attached to an aromatic ring is 1. The molecule has 1 aromatic carbocycles. The second-order valence-corrected chi connectivity index (χ2v) is 4.86. The second-order valence-electron chi connectivity index (χ2n) is 3.86. The Morgan fingerprint density at radius 3 is 2.61 bits per heavy atom. The van der Waals surface area contributed by atoms with Gasteiger partial charge < -0.3 is 10.8 Å². The van der Waals surface area contributed by atoms with E-state index >= 15 is 0 Å². The summed E-state index contributed by atoms with van der Waals surface area (Å²) in [6.45, 7) is 0.454. The molecule has 94 valence electrons. The summed E-state index contributed by atoms with van der Waals surface area (Å²) in [4.78, 5) is 12.2. The molecule has 4 N–H and O–H groups in total. The predicted octanol–water partition coefficient (Wildman–Crippen LogP) is 2.25. The molecule has 2 rings (SSSR count). The first-order valence-corrected chi connectivity index (χ1v) is 6.39. The summed E-state index contributed by atoms with van der Waals surface area (Å²) in [5.74, 6) is -0.892. The van der Waals surface area contributed by atoms with Crippen molar-refractivity contribution in [3.05, 3.63) is 52.2 Å².